The fraction of sp³-hybridized carbons (Fsp3) is 0.278. The summed E-state index contributed by atoms with van der Waals surface area (Å²) in [4.78, 5) is 32.3. The number of carboxylic acid groups (broad SMARTS) is 1. The largest absolute Gasteiger partial charge is 0.481 e. The highest BCUT2D eigenvalue weighted by Gasteiger charge is 2.17. The van der Waals surface area contributed by atoms with Gasteiger partial charge in [0.15, 0.2) is 5.16 Å². The number of nitrogens with one attached hydrogen (secondary N) is 1. The molecule has 7 heteroatoms. The Balaban J connectivity index is 2.06. The molecule has 130 valence electrons. The van der Waals surface area contributed by atoms with E-state index in [0.717, 1.165) is 16.0 Å². The molecule has 0 aliphatic heterocycles. The van der Waals surface area contributed by atoms with Crippen LogP contribution in [-0.2, 0) is 4.79 Å². The molecule has 0 atom stereocenters. The number of hydrogen-bond donors (Lipinski definition) is 2. The molecule has 2 N–H and O–H groups in total. The number of aryl methyl sites for hydroxylation is 3. The van der Waals surface area contributed by atoms with Crippen LogP contribution in [0.1, 0.15) is 22.4 Å². The number of carboxylic acids is 1. The molecule has 5 nitrogen and oxygen atoms in total. The van der Waals surface area contributed by atoms with Gasteiger partial charge in [0.25, 0.3) is 5.56 Å². The van der Waals surface area contributed by atoms with Gasteiger partial charge in [-0.15, -0.1) is 11.3 Å². The Morgan fingerprint density at radius 1 is 1.28 bits per heavy atom. The van der Waals surface area contributed by atoms with Gasteiger partial charge in [-0.05, 0) is 37.5 Å². The van der Waals surface area contributed by atoms with Crippen molar-refractivity contribution in [3.8, 4) is 11.1 Å². The van der Waals surface area contributed by atoms with Crippen molar-refractivity contribution in [3.05, 3.63) is 44.6 Å². The number of H-pyrrole nitrogens is 1. The summed E-state index contributed by atoms with van der Waals surface area (Å²) in [6, 6.07) is 6.19. The number of hydrogen-bond acceptors (Lipinski definition) is 5. The second-order valence-corrected chi connectivity index (χ2v) is 8.16. The average molecular weight is 374 g/mol. The molecule has 0 bridgehead atoms. The standard InChI is InChI=1S/C18H18N2O3S2/c1-9-4-5-12(8-10(9)2)14-11(3)25-17-15(14)16(23)19-18(20-17)24-7-6-13(21)22/h4-5,8H,6-7H2,1-3H3,(H,21,22)(H,19,20,23). The first-order valence-electron chi connectivity index (χ1n) is 7.82. The highest BCUT2D eigenvalue weighted by Crippen LogP contribution is 2.36. The summed E-state index contributed by atoms with van der Waals surface area (Å²) in [6.07, 6.45) is 0.0315. The van der Waals surface area contributed by atoms with E-state index in [1.165, 1.54) is 34.2 Å². The number of aliphatic carboxylic acids is 1. The summed E-state index contributed by atoms with van der Waals surface area (Å²) in [5, 5.41) is 9.79. The number of aromatic nitrogens is 2. The highest BCUT2D eigenvalue weighted by molar-refractivity contribution is 7.99. The van der Waals surface area contributed by atoms with Crippen molar-refractivity contribution in [2.24, 2.45) is 0 Å². The zero-order valence-electron chi connectivity index (χ0n) is 14.2. The molecule has 0 radical (unpaired) electrons. The number of aromatic amines is 1. The van der Waals surface area contributed by atoms with Crippen LogP contribution in [0.4, 0.5) is 0 Å². The maximum atomic E-state index is 12.6. The van der Waals surface area contributed by atoms with Crippen LogP contribution in [-0.4, -0.2) is 26.8 Å². The molecule has 3 rings (SSSR count). The number of thioether (sulfide) groups is 1. The van der Waals surface area contributed by atoms with Crippen LogP contribution < -0.4 is 5.56 Å². The third-order valence-corrected chi connectivity index (χ3v) is 5.94. The van der Waals surface area contributed by atoms with Gasteiger partial charge in [-0.2, -0.15) is 0 Å². The third kappa shape index (κ3) is 3.62. The number of carbonyl (C=O) groups is 1. The predicted octanol–water partition coefficient (Wildman–Crippen LogP) is 4.14. The summed E-state index contributed by atoms with van der Waals surface area (Å²) < 4.78 is 0. The van der Waals surface area contributed by atoms with Gasteiger partial charge in [-0.25, -0.2) is 4.98 Å². The van der Waals surface area contributed by atoms with Crippen molar-refractivity contribution >= 4 is 39.3 Å². The van der Waals surface area contributed by atoms with E-state index in [0.29, 0.717) is 21.1 Å². The fourth-order valence-electron chi connectivity index (χ4n) is 2.65. The molecule has 0 aliphatic carbocycles. The normalized spacial score (nSPS) is 11.2. The van der Waals surface area contributed by atoms with Crippen LogP contribution in [0, 0.1) is 20.8 Å². The Hall–Kier alpha value is -2.12. The van der Waals surface area contributed by atoms with Gasteiger partial charge < -0.3 is 10.1 Å². The Bertz CT molecular complexity index is 1020. The SMILES string of the molecule is Cc1ccc(-c2c(C)sc3nc(SCCC(=O)O)[nH]c(=O)c23)cc1C. The van der Waals surface area contributed by atoms with E-state index in [4.69, 9.17) is 5.11 Å². The second kappa shape index (κ2) is 7.01. The lowest BCUT2D eigenvalue weighted by atomic mass is 9.99. The first kappa shape index (κ1) is 17.7. The lowest BCUT2D eigenvalue weighted by Gasteiger charge is -2.06. The number of thiophene rings is 1. The number of fused-ring (bicyclic) bond motifs is 1. The average Bonchev–Trinajstić information content (AvgIpc) is 2.86. The monoisotopic (exact) mass is 374 g/mol. The van der Waals surface area contributed by atoms with Crippen LogP contribution in [0.25, 0.3) is 21.3 Å². The minimum atomic E-state index is -0.861. The van der Waals surface area contributed by atoms with Crippen molar-refractivity contribution in [1.82, 2.24) is 9.97 Å². The van der Waals surface area contributed by atoms with E-state index in [2.05, 4.69) is 35.9 Å². The zero-order chi connectivity index (χ0) is 18.1. The minimum Gasteiger partial charge on any atom is -0.481 e. The Labute approximate surface area is 153 Å². The van der Waals surface area contributed by atoms with Crippen molar-refractivity contribution < 1.29 is 9.90 Å². The van der Waals surface area contributed by atoms with Crippen molar-refractivity contribution in [1.29, 1.82) is 0 Å². The summed E-state index contributed by atoms with van der Waals surface area (Å²) in [5.74, 6) is -0.488. The van der Waals surface area contributed by atoms with Crippen molar-refractivity contribution in [3.63, 3.8) is 0 Å². The maximum absolute atomic E-state index is 12.6. The van der Waals surface area contributed by atoms with Crippen LogP contribution in [0.3, 0.4) is 0 Å². The molecule has 25 heavy (non-hydrogen) atoms. The summed E-state index contributed by atoms with van der Waals surface area (Å²) >= 11 is 2.74. The molecule has 3 aromatic rings. The first-order valence-corrected chi connectivity index (χ1v) is 9.62. The lowest BCUT2D eigenvalue weighted by molar-refractivity contribution is -0.136. The molecular weight excluding hydrogens is 356 g/mol. The van der Waals surface area contributed by atoms with Gasteiger partial charge in [0.05, 0.1) is 11.8 Å². The van der Waals surface area contributed by atoms with Gasteiger partial charge in [-0.3, -0.25) is 9.59 Å². The van der Waals surface area contributed by atoms with Crippen LogP contribution in [0.2, 0.25) is 0 Å². The van der Waals surface area contributed by atoms with E-state index in [9.17, 15) is 9.59 Å². The Morgan fingerprint density at radius 3 is 2.72 bits per heavy atom. The van der Waals surface area contributed by atoms with Gasteiger partial charge in [-0.1, -0.05) is 30.0 Å². The number of benzene rings is 1. The molecule has 2 aromatic heterocycles. The molecule has 0 saturated heterocycles. The smallest absolute Gasteiger partial charge is 0.304 e. The molecule has 0 unspecified atom stereocenters. The summed E-state index contributed by atoms with van der Waals surface area (Å²) in [7, 11) is 0. The maximum Gasteiger partial charge on any atom is 0.304 e. The van der Waals surface area contributed by atoms with Crippen LogP contribution in [0.5, 0.6) is 0 Å². The molecule has 0 aliphatic rings. The van der Waals surface area contributed by atoms with Crippen molar-refractivity contribution in [2.75, 3.05) is 5.75 Å². The lowest BCUT2D eigenvalue weighted by Crippen LogP contribution is -2.09. The van der Waals surface area contributed by atoms with Gasteiger partial charge in [0.2, 0.25) is 0 Å². The van der Waals surface area contributed by atoms with E-state index < -0.39 is 5.97 Å². The Kier molecular flexibility index (Phi) is 4.96. The topological polar surface area (TPSA) is 83.0 Å². The van der Waals surface area contributed by atoms with Gasteiger partial charge in [0.1, 0.15) is 4.83 Å². The van der Waals surface area contributed by atoms with E-state index in [1.54, 1.807) is 0 Å². The molecule has 0 spiro atoms. The van der Waals surface area contributed by atoms with E-state index in [1.807, 2.05) is 13.0 Å². The van der Waals surface area contributed by atoms with Gasteiger partial charge in [0, 0.05) is 16.2 Å². The molecule has 2 heterocycles. The first-order chi connectivity index (χ1) is 11.9. The number of nitrogens with zero attached hydrogens (tertiary/aromatic N) is 1. The molecular formula is C18H18N2O3S2. The Morgan fingerprint density at radius 2 is 2.04 bits per heavy atom. The van der Waals surface area contributed by atoms with Gasteiger partial charge >= 0.3 is 5.97 Å². The second-order valence-electron chi connectivity index (χ2n) is 5.88. The van der Waals surface area contributed by atoms with Crippen molar-refractivity contribution in [2.45, 2.75) is 32.3 Å². The zero-order valence-corrected chi connectivity index (χ0v) is 15.8. The van der Waals surface area contributed by atoms with E-state index in [-0.39, 0.29) is 12.0 Å². The molecule has 0 saturated carbocycles. The quantitative estimate of drug-likeness (QED) is 0.518. The molecule has 0 fully saturated rings. The summed E-state index contributed by atoms with van der Waals surface area (Å²) in [6.45, 7) is 6.11. The van der Waals surface area contributed by atoms with Crippen LogP contribution in [0.15, 0.2) is 28.2 Å². The fourth-order valence-corrected chi connectivity index (χ4v) is 4.54. The highest BCUT2D eigenvalue weighted by atomic mass is 32.2. The van der Waals surface area contributed by atoms with E-state index >= 15 is 0 Å². The third-order valence-electron chi connectivity index (χ3n) is 4.07. The number of rotatable bonds is 5. The summed E-state index contributed by atoms with van der Waals surface area (Å²) in [5.41, 5.74) is 4.16. The van der Waals surface area contributed by atoms with Crippen LogP contribution >= 0.6 is 23.1 Å². The predicted molar refractivity (Wildman–Crippen MR) is 103 cm³/mol. The molecule has 1 aromatic carbocycles. The molecule has 0 amide bonds. The minimum absolute atomic E-state index is 0.0315.